The number of carbonyl (C=O) groups is 2. The second-order valence-corrected chi connectivity index (χ2v) is 8.15. The summed E-state index contributed by atoms with van der Waals surface area (Å²) in [5.41, 5.74) is 0.851. The van der Waals surface area contributed by atoms with E-state index in [1.54, 1.807) is 22.3 Å². The van der Waals surface area contributed by atoms with Gasteiger partial charge in [0, 0.05) is 23.2 Å². The molecule has 0 radical (unpaired) electrons. The standard InChI is InChI=1S/C20H24N2O3S/c1-4-9-22-16-8-7-14(21-18(23)12-15-6-5-10-26-15)11-17(16)25-13-20(2,3)19(22)24/h5-8,10-11H,4,9,12-13H2,1-3H3,(H,21,23). The third kappa shape index (κ3) is 3.90. The van der Waals surface area contributed by atoms with Crippen LogP contribution in [0.15, 0.2) is 35.7 Å². The average Bonchev–Trinajstić information content (AvgIpc) is 3.07. The van der Waals surface area contributed by atoms with Crippen molar-refractivity contribution in [1.82, 2.24) is 0 Å². The number of nitrogens with zero attached hydrogens (tertiary/aromatic N) is 1. The molecular formula is C20H24N2O3S. The minimum absolute atomic E-state index is 0.0626. The van der Waals surface area contributed by atoms with Crippen molar-refractivity contribution in [2.24, 2.45) is 5.41 Å². The fourth-order valence-corrected chi connectivity index (χ4v) is 3.65. The highest BCUT2D eigenvalue weighted by molar-refractivity contribution is 7.10. The van der Waals surface area contributed by atoms with Crippen LogP contribution in [0.2, 0.25) is 0 Å². The summed E-state index contributed by atoms with van der Waals surface area (Å²) in [6, 6.07) is 9.36. The number of fused-ring (bicyclic) bond motifs is 1. The number of hydrogen-bond acceptors (Lipinski definition) is 4. The van der Waals surface area contributed by atoms with E-state index in [4.69, 9.17) is 4.74 Å². The van der Waals surface area contributed by atoms with Crippen molar-refractivity contribution in [2.75, 3.05) is 23.4 Å². The molecule has 0 spiro atoms. The molecule has 1 aromatic heterocycles. The summed E-state index contributed by atoms with van der Waals surface area (Å²) in [5, 5.41) is 4.87. The van der Waals surface area contributed by atoms with Crippen molar-refractivity contribution in [3.63, 3.8) is 0 Å². The van der Waals surface area contributed by atoms with E-state index >= 15 is 0 Å². The summed E-state index contributed by atoms with van der Waals surface area (Å²) in [6.45, 7) is 6.79. The van der Waals surface area contributed by atoms with Crippen LogP contribution < -0.4 is 15.0 Å². The Balaban J connectivity index is 1.82. The molecule has 1 aliphatic heterocycles. The Labute approximate surface area is 158 Å². The molecule has 5 nitrogen and oxygen atoms in total. The number of thiophene rings is 1. The van der Waals surface area contributed by atoms with E-state index in [1.807, 2.05) is 50.4 Å². The lowest BCUT2D eigenvalue weighted by Gasteiger charge is -2.27. The topological polar surface area (TPSA) is 58.6 Å². The molecule has 2 amide bonds. The van der Waals surface area contributed by atoms with Gasteiger partial charge in [0.05, 0.1) is 17.5 Å². The van der Waals surface area contributed by atoms with Crippen molar-refractivity contribution >= 4 is 34.5 Å². The molecule has 0 saturated carbocycles. The number of hydrogen-bond donors (Lipinski definition) is 1. The van der Waals surface area contributed by atoms with Crippen LogP contribution in [-0.4, -0.2) is 25.0 Å². The van der Waals surface area contributed by atoms with Crippen LogP contribution in [0.25, 0.3) is 0 Å². The van der Waals surface area contributed by atoms with Gasteiger partial charge in [-0.2, -0.15) is 0 Å². The van der Waals surface area contributed by atoms with E-state index in [-0.39, 0.29) is 11.8 Å². The lowest BCUT2D eigenvalue weighted by atomic mass is 9.93. The average molecular weight is 372 g/mol. The van der Waals surface area contributed by atoms with E-state index in [0.717, 1.165) is 17.0 Å². The molecule has 1 aliphatic rings. The summed E-state index contributed by atoms with van der Waals surface area (Å²) in [5.74, 6) is 0.627. The number of anilines is 2. The SMILES string of the molecule is CCCN1C(=O)C(C)(C)COc2cc(NC(=O)Cc3cccs3)ccc21. The van der Waals surface area contributed by atoms with Gasteiger partial charge in [-0.15, -0.1) is 11.3 Å². The fraction of sp³-hybridized carbons (Fsp3) is 0.400. The lowest BCUT2D eigenvalue weighted by molar-refractivity contribution is -0.127. The normalized spacial score (nSPS) is 15.8. The van der Waals surface area contributed by atoms with Crippen molar-refractivity contribution in [3.8, 4) is 5.75 Å². The summed E-state index contributed by atoms with van der Waals surface area (Å²) < 4.78 is 5.93. The first kappa shape index (κ1) is 18.5. The Morgan fingerprint density at radius 1 is 1.35 bits per heavy atom. The zero-order valence-corrected chi connectivity index (χ0v) is 16.2. The highest BCUT2D eigenvalue weighted by atomic mass is 32.1. The monoisotopic (exact) mass is 372 g/mol. The zero-order valence-electron chi connectivity index (χ0n) is 15.4. The second kappa shape index (κ2) is 7.50. The predicted molar refractivity (Wildman–Crippen MR) is 105 cm³/mol. The van der Waals surface area contributed by atoms with Gasteiger partial charge in [-0.05, 0) is 43.8 Å². The molecule has 0 fully saturated rings. The molecule has 0 bridgehead atoms. The Hall–Kier alpha value is -2.34. The van der Waals surface area contributed by atoms with E-state index in [0.29, 0.717) is 31.0 Å². The van der Waals surface area contributed by atoms with Gasteiger partial charge in [0.15, 0.2) is 0 Å². The minimum atomic E-state index is -0.587. The van der Waals surface area contributed by atoms with Crippen molar-refractivity contribution in [2.45, 2.75) is 33.6 Å². The molecule has 2 heterocycles. The first-order chi connectivity index (χ1) is 12.4. The predicted octanol–water partition coefficient (Wildman–Crippen LogP) is 4.09. The molecule has 3 rings (SSSR count). The first-order valence-electron chi connectivity index (χ1n) is 8.82. The number of amides is 2. The van der Waals surface area contributed by atoms with E-state index < -0.39 is 5.41 Å². The number of ether oxygens (including phenoxy) is 1. The summed E-state index contributed by atoms with van der Waals surface area (Å²) in [6.07, 6.45) is 1.21. The van der Waals surface area contributed by atoms with Gasteiger partial charge >= 0.3 is 0 Å². The van der Waals surface area contributed by atoms with Crippen LogP contribution in [0.1, 0.15) is 32.1 Å². The van der Waals surface area contributed by atoms with Gasteiger partial charge in [-0.3, -0.25) is 9.59 Å². The molecule has 138 valence electrons. The van der Waals surface area contributed by atoms with Crippen molar-refractivity contribution < 1.29 is 14.3 Å². The molecule has 0 unspecified atom stereocenters. The van der Waals surface area contributed by atoms with Crippen LogP contribution in [0.5, 0.6) is 5.75 Å². The van der Waals surface area contributed by atoms with Crippen LogP contribution in [0.3, 0.4) is 0 Å². The number of nitrogens with one attached hydrogen (secondary N) is 1. The molecule has 26 heavy (non-hydrogen) atoms. The van der Waals surface area contributed by atoms with E-state index in [9.17, 15) is 9.59 Å². The van der Waals surface area contributed by atoms with Gasteiger partial charge in [0.25, 0.3) is 0 Å². The van der Waals surface area contributed by atoms with Gasteiger partial charge in [-0.1, -0.05) is 13.0 Å². The Morgan fingerprint density at radius 3 is 2.85 bits per heavy atom. The zero-order chi connectivity index (χ0) is 18.7. The highest BCUT2D eigenvalue weighted by Gasteiger charge is 2.37. The molecule has 1 aromatic carbocycles. The largest absolute Gasteiger partial charge is 0.490 e. The van der Waals surface area contributed by atoms with Gasteiger partial charge < -0.3 is 15.0 Å². The van der Waals surface area contributed by atoms with Crippen LogP contribution >= 0.6 is 11.3 Å². The second-order valence-electron chi connectivity index (χ2n) is 7.12. The lowest BCUT2D eigenvalue weighted by Crippen LogP contribution is -2.42. The smallest absolute Gasteiger partial charge is 0.236 e. The third-order valence-electron chi connectivity index (χ3n) is 4.31. The summed E-state index contributed by atoms with van der Waals surface area (Å²) >= 11 is 1.56. The molecule has 1 N–H and O–H groups in total. The Kier molecular flexibility index (Phi) is 5.32. The maximum atomic E-state index is 12.8. The van der Waals surface area contributed by atoms with Crippen LogP contribution in [0.4, 0.5) is 11.4 Å². The van der Waals surface area contributed by atoms with E-state index in [1.165, 1.54) is 0 Å². The highest BCUT2D eigenvalue weighted by Crippen LogP contribution is 2.38. The maximum absolute atomic E-state index is 12.8. The molecule has 6 heteroatoms. The third-order valence-corrected chi connectivity index (χ3v) is 5.19. The summed E-state index contributed by atoms with van der Waals surface area (Å²) in [7, 11) is 0. The molecular weight excluding hydrogens is 348 g/mol. The van der Waals surface area contributed by atoms with Crippen molar-refractivity contribution in [1.29, 1.82) is 0 Å². The summed E-state index contributed by atoms with van der Waals surface area (Å²) in [4.78, 5) is 27.9. The molecule has 0 aliphatic carbocycles. The van der Waals surface area contributed by atoms with Gasteiger partial charge in [0.2, 0.25) is 11.8 Å². The Bertz CT molecular complexity index is 799. The van der Waals surface area contributed by atoms with E-state index in [2.05, 4.69) is 5.32 Å². The number of rotatable bonds is 5. The van der Waals surface area contributed by atoms with Gasteiger partial charge in [0.1, 0.15) is 12.4 Å². The van der Waals surface area contributed by atoms with Gasteiger partial charge in [-0.25, -0.2) is 0 Å². The fourth-order valence-electron chi connectivity index (χ4n) is 2.95. The van der Waals surface area contributed by atoms with Crippen molar-refractivity contribution in [3.05, 3.63) is 40.6 Å². The Morgan fingerprint density at radius 2 is 2.15 bits per heavy atom. The first-order valence-corrected chi connectivity index (χ1v) is 9.70. The minimum Gasteiger partial charge on any atom is -0.490 e. The maximum Gasteiger partial charge on any atom is 0.236 e. The number of benzene rings is 1. The quantitative estimate of drug-likeness (QED) is 0.860. The number of carbonyl (C=O) groups excluding carboxylic acids is 2. The van der Waals surface area contributed by atoms with Crippen LogP contribution in [-0.2, 0) is 16.0 Å². The molecule has 0 saturated heterocycles. The molecule has 2 aromatic rings. The molecule has 0 atom stereocenters. The van der Waals surface area contributed by atoms with Crippen LogP contribution in [0, 0.1) is 5.41 Å².